The molecular formula is C43H85NO4. The number of unbranched alkanes of at least 4 members (excludes halogenated alkanes) is 31. The maximum absolute atomic E-state index is 12.4. The highest BCUT2D eigenvalue weighted by atomic mass is 16.3. The Kier molecular flexibility index (Phi) is 38.1. The van der Waals surface area contributed by atoms with E-state index in [4.69, 9.17) is 0 Å². The molecule has 4 N–H and O–H groups in total. The molecule has 0 aromatic carbocycles. The van der Waals surface area contributed by atoms with Gasteiger partial charge in [-0.25, -0.2) is 0 Å². The van der Waals surface area contributed by atoms with Crippen molar-refractivity contribution in [2.45, 2.75) is 250 Å². The van der Waals surface area contributed by atoms with Gasteiger partial charge in [0.15, 0.2) is 0 Å². The summed E-state index contributed by atoms with van der Waals surface area (Å²) in [5, 5.41) is 33.1. The van der Waals surface area contributed by atoms with E-state index in [9.17, 15) is 20.1 Å². The first-order valence-corrected chi connectivity index (χ1v) is 21.5. The molecule has 3 atom stereocenters. The number of nitrogens with one attached hydrogen (secondary N) is 1. The van der Waals surface area contributed by atoms with E-state index in [2.05, 4.69) is 19.2 Å². The molecule has 0 aromatic heterocycles. The van der Waals surface area contributed by atoms with E-state index >= 15 is 0 Å². The highest BCUT2D eigenvalue weighted by molar-refractivity contribution is 5.80. The van der Waals surface area contributed by atoms with Crippen molar-refractivity contribution < 1.29 is 20.1 Å². The molecule has 0 aliphatic heterocycles. The van der Waals surface area contributed by atoms with Crippen LogP contribution in [0, 0.1) is 0 Å². The average molecular weight is 680 g/mol. The predicted octanol–water partition coefficient (Wildman–Crippen LogP) is 12.0. The standard InChI is InChI=1S/C43H85NO4/c1-3-5-7-9-11-13-15-17-18-19-20-21-22-23-24-26-28-30-32-34-36-38-42(47)43(48)44-40(39-45)41(46)37-35-33-31-29-27-25-16-14-12-10-8-6-4-2/h35,37,40-42,45-47H,3-34,36,38-39H2,1-2H3,(H,44,48)/b37-35+. The van der Waals surface area contributed by atoms with Crippen molar-refractivity contribution in [1.29, 1.82) is 0 Å². The summed E-state index contributed by atoms with van der Waals surface area (Å²) in [7, 11) is 0. The fourth-order valence-corrected chi connectivity index (χ4v) is 6.71. The van der Waals surface area contributed by atoms with Gasteiger partial charge in [-0.1, -0.05) is 225 Å². The van der Waals surface area contributed by atoms with Crippen LogP contribution in [0.25, 0.3) is 0 Å². The molecule has 3 unspecified atom stereocenters. The van der Waals surface area contributed by atoms with Crippen molar-refractivity contribution in [1.82, 2.24) is 5.32 Å². The Bertz CT molecular complexity index is 669. The van der Waals surface area contributed by atoms with E-state index in [-0.39, 0.29) is 6.61 Å². The summed E-state index contributed by atoms with van der Waals surface area (Å²) in [4.78, 5) is 12.4. The zero-order valence-corrected chi connectivity index (χ0v) is 32.4. The summed E-state index contributed by atoms with van der Waals surface area (Å²) in [6.45, 7) is 4.19. The summed E-state index contributed by atoms with van der Waals surface area (Å²) >= 11 is 0. The molecule has 1 amide bonds. The van der Waals surface area contributed by atoms with E-state index < -0.39 is 24.2 Å². The summed E-state index contributed by atoms with van der Waals surface area (Å²) in [6.07, 6.45) is 45.3. The van der Waals surface area contributed by atoms with Crippen molar-refractivity contribution in [3.8, 4) is 0 Å². The van der Waals surface area contributed by atoms with Gasteiger partial charge in [0.25, 0.3) is 0 Å². The number of aliphatic hydroxyl groups excluding tert-OH is 3. The Morgan fingerprint density at radius 1 is 0.500 bits per heavy atom. The molecule has 5 nitrogen and oxygen atoms in total. The van der Waals surface area contributed by atoms with Crippen LogP contribution in [-0.2, 0) is 4.79 Å². The maximum atomic E-state index is 12.4. The van der Waals surface area contributed by atoms with Crippen LogP contribution in [0.1, 0.15) is 232 Å². The lowest BCUT2D eigenvalue weighted by molar-refractivity contribution is -0.131. The second-order valence-corrected chi connectivity index (χ2v) is 14.9. The van der Waals surface area contributed by atoms with Gasteiger partial charge in [0, 0.05) is 0 Å². The van der Waals surface area contributed by atoms with Crippen molar-refractivity contribution in [3.63, 3.8) is 0 Å². The van der Waals surface area contributed by atoms with Crippen molar-refractivity contribution >= 4 is 5.91 Å². The summed E-state index contributed by atoms with van der Waals surface area (Å²) in [5.41, 5.74) is 0. The van der Waals surface area contributed by atoms with E-state index in [0.717, 1.165) is 32.1 Å². The van der Waals surface area contributed by atoms with Crippen LogP contribution in [0.2, 0.25) is 0 Å². The molecule has 0 saturated carbocycles. The van der Waals surface area contributed by atoms with Gasteiger partial charge >= 0.3 is 0 Å². The number of aliphatic hydroxyl groups is 3. The minimum atomic E-state index is -1.09. The number of rotatable bonds is 39. The monoisotopic (exact) mass is 680 g/mol. The topological polar surface area (TPSA) is 89.8 Å². The zero-order valence-electron chi connectivity index (χ0n) is 32.4. The van der Waals surface area contributed by atoms with Crippen LogP contribution in [0.3, 0.4) is 0 Å². The summed E-state index contributed by atoms with van der Waals surface area (Å²) in [5.74, 6) is -0.500. The Balaban J connectivity index is 3.61. The van der Waals surface area contributed by atoms with Gasteiger partial charge < -0.3 is 20.6 Å². The SMILES string of the molecule is CCCCCCCCCCCCC/C=C/C(O)C(CO)NC(=O)C(O)CCCCCCCCCCCCCCCCCCCCCCC. The normalized spacial score (nSPS) is 13.7. The van der Waals surface area contributed by atoms with Gasteiger partial charge in [0.05, 0.1) is 18.8 Å². The molecule has 5 heteroatoms. The van der Waals surface area contributed by atoms with Crippen LogP contribution in [0.15, 0.2) is 12.2 Å². The Morgan fingerprint density at radius 2 is 0.812 bits per heavy atom. The van der Waals surface area contributed by atoms with Gasteiger partial charge in [-0.2, -0.15) is 0 Å². The maximum Gasteiger partial charge on any atom is 0.249 e. The lowest BCUT2D eigenvalue weighted by atomic mass is 10.0. The van der Waals surface area contributed by atoms with Gasteiger partial charge in [-0.15, -0.1) is 0 Å². The smallest absolute Gasteiger partial charge is 0.249 e. The third-order valence-electron chi connectivity index (χ3n) is 10.1. The number of carbonyl (C=O) groups is 1. The first kappa shape index (κ1) is 47.1. The lowest BCUT2D eigenvalue weighted by Gasteiger charge is -2.21. The van der Waals surface area contributed by atoms with Crippen molar-refractivity contribution in [2.75, 3.05) is 6.61 Å². The van der Waals surface area contributed by atoms with Crippen molar-refractivity contribution in [3.05, 3.63) is 12.2 Å². The van der Waals surface area contributed by atoms with Crippen molar-refractivity contribution in [2.24, 2.45) is 0 Å². The molecular weight excluding hydrogens is 594 g/mol. The fraction of sp³-hybridized carbons (Fsp3) is 0.930. The molecule has 0 aliphatic carbocycles. The van der Waals surface area contributed by atoms with E-state index in [1.54, 1.807) is 6.08 Å². The molecule has 0 aromatic rings. The number of allylic oxidation sites excluding steroid dienone is 1. The molecule has 0 bridgehead atoms. The van der Waals surface area contributed by atoms with Crippen LogP contribution in [-0.4, -0.2) is 46.1 Å². The first-order valence-electron chi connectivity index (χ1n) is 21.5. The quantitative estimate of drug-likeness (QED) is 0.0384. The van der Waals surface area contributed by atoms with Gasteiger partial charge in [-0.3, -0.25) is 4.79 Å². The third-order valence-corrected chi connectivity index (χ3v) is 10.1. The zero-order chi connectivity index (χ0) is 35.2. The molecule has 48 heavy (non-hydrogen) atoms. The minimum Gasteiger partial charge on any atom is -0.394 e. The highest BCUT2D eigenvalue weighted by Crippen LogP contribution is 2.16. The number of hydrogen-bond donors (Lipinski definition) is 4. The Labute approximate surface area is 299 Å². The molecule has 0 radical (unpaired) electrons. The van der Waals surface area contributed by atoms with Gasteiger partial charge in [-0.05, 0) is 19.3 Å². The predicted molar refractivity (Wildman–Crippen MR) is 208 cm³/mol. The highest BCUT2D eigenvalue weighted by Gasteiger charge is 2.22. The lowest BCUT2D eigenvalue weighted by Crippen LogP contribution is -2.48. The van der Waals surface area contributed by atoms with Gasteiger partial charge in [0.2, 0.25) is 5.91 Å². The van der Waals surface area contributed by atoms with E-state index in [1.165, 1.54) is 180 Å². The largest absolute Gasteiger partial charge is 0.394 e. The van der Waals surface area contributed by atoms with Crippen LogP contribution < -0.4 is 5.32 Å². The average Bonchev–Trinajstić information content (AvgIpc) is 3.09. The Morgan fingerprint density at radius 3 is 1.15 bits per heavy atom. The second-order valence-electron chi connectivity index (χ2n) is 14.9. The Hall–Kier alpha value is -0.910. The van der Waals surface area contributed by atoms with Gasteiger partial charge in [0.1, 0.15) is 6.10 Å². The molecule has 0 fully saturated rings. The second kappa shape index (κ2) is 38.9. The molecule has 0 aliphatic rings. The summed E-state index contributed by atoms with van der Waals surface area (Å²) in [6, 6.07) is -0.791. The molecule has 0 spiro atoms. The molecule has 0 heterocycles. The minimum absolute atomic E-state index is 0.359. The number of hydrogen-bond acceptors (Lipinski definition) is 4. The van der Waals surface area contributed by atoms with Crippen LogP contribution in [0.4, 0.5) is 0 Å². The summed E-state index contributed by atoms with van der Waals surface area (Å²) < 4.78 is 0. The molecule has 0 saturated heterocycles. The fourth-order valence-electron chi connectivity index (χ4n) is 6.71. The third kappa shape index (κ3) is 33.6. The van der Waals surface area contributed by atoms with Crippen LogP contribution >= 0.6 is 0 Å². The molecule has 0 rings (SSSR count). The first-order chi connectivity index (χ1) is 23.6. The van der Waals surface area contributed by atoms with E-state index in [0.29, 0.717) is 6.42 Å². The number of amides is 1. The number of carbonyl (C=O) groups excluding carboxylic acids is 1. The molecule has 286 valence electrons. The van der Waals surface area contributed by atoms with E-state index in [1.807, 2.05) is 6.08 Å². The van der Waals surface area contributed by atoms with Crippen LogP contribution in [0.5, 0.6) is 0 Å².